The molecule has 2 aliphatic rings. The zero-order valence-electron chi connectivity index (χ0n) is 15.4. The second kappa shape index (κ2) is 9.15. The van der Waals surface area contributed by atoms with Gasteiger partial charge in [-0.2, -0.15) is 0 Å². The summed E-state index contributed by atoms with van der Waals surface area (Å²) in [5.74, 6) is 0.486. The summed E-state index contributed by atoms with van der Waals surface area (Å²) >= 11 is 0. The number of likely N-dealkylation sites (tertiary alicyclic amines) is 1. The minimum atomic E-state index is -0.247. The molecular weight excluding hydrogens is 331 g/mol. The Morgan fingerprint density at radius 2 is 1.85 bits per heavy atom. The molecule has 5 heteroatoms. The number of rotatable bonds is 6. The third-order valence-electron chi connectivity index (χ3n) is 5.70. The van der Waals surface area contributed by atoms with Gasteiger partial charge < -0.3 is 10.2 Å². The third-order valence-corrected chi connectivity index (χ3v) is 5.70. The van der Waals surface area contributed by atoms with E-state index in [9.17, 15) is 14.0 Å². The number of carbonyl (C=O) groups is 2. The first-order valence-corrected chi connectivity index (χ1v) is 9.92. The minimum absolute atomic E-state index is 0.0354. The van der Waals surface area contributed by atoms with Crippen LogP contribution in [0.1, 0.15) is 50.5 Å². The van der Waals surface area contributed by atoms with Crippen LogP contribution < -0.4 is 5.32 Å². The van der Waals surface area contributed by atoms with E-state index in [2.05, 4.69) is 5.32 Å². The Morgan fingerprint density at radius 1 is 1.12 bits per heavy atom. The summed E-state index contributed by atoms with van der Waals surface area (Å²) in [6, 6.07) is 6.36. The van der Waals surface area contributed by atoms with Crippen LogP contribution in [0, 0.1) is 17.7 Å². The van der Waals surface area contributed by atoms with Crippen molar-refractivity contribution >= 4 is 11.8 Å². The summed E-state index contributed by atoms with van der Waals surface area (Å²) in [6.07, 6.45) is 8.05. The molecule has 1 heterocycles. The van der Waals surface area contributed by atoms with Gasteiger partial charge in [0.25, 0.3) is 0 Å². The lowest BCUT2D eigenvalue weighted by Crippen LogP contribution is -2.47. The number of nitrogens with one attached hydrogen (secondary N) is 1. The second-order valence-corrected chi connectivity index (χ2v) is 7.71. The van der Waals surface area contributed by atoms with Crippen molar-refractivity contribution in [1.29, 1.82) is 0 Å². The first-order chi connectivity index (χ1) is 12.6. The molecule has 1 aliphatic carbocycles. The van der Waals surface area contributed by atoms with E-state index in [4.69, 9.17) is 0 Å². The number of nitrogens with zero attached hydrogens (tertiary/aromatic N) is 1. The molecule has 3 rings (SSSR count). The Hall–Kier alpha value is -1.91. The highest BCUT2D eigenvalue weighted by Crippen LogP contribution is 2.27. The maximum atomic E-state index is 12.9. The molecule has 1 saturated heterocycles. The van der Waals surface area contributed by atoms with Gasteiger partial charge in [0, 0.05) is 26.1 Å². The molecule has 0 radical (unpaired) electrons. The van der Waals surface area contributed by atoms with Crippen molar-refractivity contribution in [2.75, 3.05) is 19.6 Å². The molecular formula is C21H29FN2O2. The number of piperidine rings is 1. The van der Waals surface area contributed by atoms with Crippen LogP contribution in [0.5, 0.6) is 0 Å². The number of halogens is 1. The maximum absolute atomic E-state index is 12.9. The van der Waals surface area contributed by atoms with Crippen LogP contribution >= 0.6 is 0 Å². The van der Waals surface area contributed by atoms with Crippen LogP contribution in [0.15, 0.2) is 24.3 Å². The van der Waals surface area contributed by atoms with Crippen LogP contribution in [0.3, 0.4) is 0 Å². The van der Waals surface area contributed by atoms with Crippen LogP contribution in [0.25, 0.3) is 0 Å². The molecule has 0 spiro atoms. The van der Waals surface area contributed by atoms with Crippen molar-refractivity contribution in [3.05, 3.63) is 35.6 Å². The van der Waals surface area contributed by atoms with Gasteiger partial charge in [-0.15, -0.1) is 0 Å². The summed E-state index contributed by atoms with van der Waals surface area (Å²) in [5, 5.41) is 2.98. The van der Waals surface area contributed by atoms with Crippen molar-refractivity contribution in [3.63, 3.8) is 0 Å². The zero-order valence-corrected chi connectivity index (χ0v) is 15.4. The minimum Gasteiger partial charge on any atom is -0.355 e. The van der Waals surface area contributed by atoms with E-state index in [0.717, 1.165) is 12.1 Å². The molecule has 0 unspecified atom stereocenters. The van der Waals surface area contributed by atoms with Gasteiger partial charge in [0.05, 0.1) is 5.92 Å². The van der Waals surface area contributed by atoms with E-state index >= 15 is 0 Å². The first kappa shape index (κ1) is 18.9. The molecule has 1 saturated carbocycles. The van der Waals surface area contributed by atoms with E-state index in [-0.39, 0.29) is 23.5 Å². The van der Waals surface area contributed by atoms with Crippen LogP contribution in [-0.4, -0.2) is 36.3 Å². The predicted octanol–water partition coefficient (Wildman–Crippen LogP) is 3.30. The van der Waals surface area contributed by atoms with E-state index < -0.39 is 0 Å². The molecule has 1 aromatic rings. The van der Waals surface area contributed by atoms with Gasteiger partial charge in [0.1, 0.15) is 5.82 Å². The molecule has 1 aromatic carbocycles. The fourth-order valence-electron chi connectivity index (χ4n) is 4.11. The maximum Gasteiger partial charge on any atom is 0.224 e. The SMILES string of the molecule is O=C(NCCc1ccc(F)cc1)[C@@H]1CCC(=O)N(CC2CCCCC2)C1. The van der Waals surface area contributed by atoms with E-state index in [1.807, 2.05) is 4.90 Å². The van der Waals surface area contributed by atoms with Crippen LogP contribution in [0.4, 0.5) is 4.39 Å². The molecule has 0 bridgehead atoms. The number of benzene rings is 1. The number of carbonyl (C=O) groups excluding carboxylic acids is 2. The lowest BCUT2D eigenvalue weighted by molar-refractivity contribution is -0.139. The van der Waals surface area contributed by atoms with Gasteiger partial charge in [-0.05, 0) is 49.3 Å². The highest BCUT2D eigenvalue weighted by Gasteiger charge is 2.31. The average Bonchev–Trinajstić information content (AvgIpc) is 2.66. The summed E-state index contributed by atoms with van der Waals surface area (Å²) < 4.78 is 12.9. The first-order valence-electron chi connectivity index (χ1n) is 9.92. The quantitative estimate of drug-likeness (QED) is 0.846. The summed E-state index contributed by atoms with van der Waals surface area (Å²) in [6.45, 7) is 1.91. The van der Waals surface area contributed by atoms with Crippen molar-refractivity contribution in [2.24, 2.45) is 11.8 Å². The second-order valence-electron chi connectivity index (χ2n) is 7.71. The molecule has 0 aromatic heterocycles. The topological polar surface area (TPSA) is 49.4 Å². The Kier molecular flexibility index (Phi) is 6.64. The normalized spacial score (nSPS) is 21.7. The fraction of sp³-hybridized carbons (Fsp3) is 0.619. The van der Waals surface area contributed by atoms with Crippen LogP contribution in [-0.2, 0) is 16.0 Å². The smallest absolute Gasteiger partial charge is 0.224 e. The van der Waals surface area contributed by atoms with E-state index in [1.54, 1.807) is 12.1 Å². The van der Waals surface area contributed by atoms with Crippen LogP contribution in [0.2, 0.25) is 0 Å². The highest BCUT2D eigenvalue weighted by molar-refractivity contribution is 5.83. The molecule has 1 N–H and O–H groups in total. The molecule has 2 amide bonds. The van der Waals surface area contributed by atoms with Gasteiger partial charge >= 0.3 is 0 Å². The Bertz CT molecular complexity index is 611. The van der Waals surface area contributed by atoms with Gasteiger partial charge in [0.2, 0.25) is 11.8 Å². The molecule has 4 nitrogen and oxygen atoms in total. The monoisotopic (exact) mass is 360 g/mol. The van der Waals surface area contributed by atoms with Gasteiger partial charge in [0.15, 0.2) is 0 Å². The van der Waals surface area contributed by atoms with Gasteiger partial charge in [-0.3, -0.25) is 9.59 Å². The van der Waals surface area contributed by atoms with E-state index in [0.29, 0.717) is 38.3 Å². The summed E-state index contributed by atoms with van der Waals surface area (Å²) in [7, 11) is 0. The molecule has 1 aliphatic heterocycles. The van der Waals surface area contributed by atoms with Crippen molar-refractivity contribution < 1.29 is 14.0 Å². The summed E-state index contributed by atoms with van der Waals surface area (Å²) in [5.41, 5.74) is 1.00. The van der Waals surface area contributed by atoms with Gasteiger partial charge in [-0.1, -0.05) is 31.4 Å². The highest BCUT2D eigenvalue weighted by atomic mass is 19.1. The summed E-state index contributed by atoms with van der Waals surface area (Å²) in [4.78, 5) is 26.6. The predicted molar refractivity (Wildman–Crippen MR) is 99.0 cm³/mol. The fourth-order valence-corrected chi connectivity index (χ4v) is 4.11. The number of hydrogen-bond donors (Lipinski definition) is 1. The standard InChI is InChI=1S/C21H29FN2O2/c22-19-9-6-16(7-10-19)12-13-23-21(26)18-8-11-20(25)24(15-18)14-17-4-2-1-3-5-17/h6-7,9-10,17-18H,1-5,8,11-15H2,(H,23,26)/t18-/m1/s1. The van der Waals surface area contributed by atoms with Crippen molar-refractivity contribution in [1.82, 2.24) is 10.2 Å². The zero-order chi connectivity index (χ0) is 18.4. The Labute approximate surface area is 155 Å². The average molecular weight is 360 g/mol. The lowest BCUT2D eigenvalue weighted by atomic mass is 9.87. The number of amides is 2. The lowest BCUT2D eigenvalue weighted by Gasteiger charge is -2.35. The molecule has 2 fully saturated rings. The van der Waals surface area contributed by atoms with Crippen molar-refractivity contribution in [2.45, 2.75) is 51.4 Å². The van der Waals surface area contributed by atoms with E-state index in [1.165, 1.54) is 44.2 Å². The third kappa shape index (κ3) is 5.29. The molecule has 26 heavy (non-hydrogen) atoms. The largest absolute Gasteiger partial charge is 0.355 e. The molecule has 1 atom stereocenters. The van der Waals surface area contributed by atoms with Crippen molar-refractivity contribution in [3.8, 4) is 0 Å². The molecule has 142 valence electrons. The Morgan fingerprint density at radius 3 is 2.58 bits per heavy atom. The number of hydrogen-bond acceptors (Lipinski definition) is 2. The van der Waals surface area contributed by atoms with Gasteiger partial charge in [-0.25, -0.2) is 4.39 Å². The Balaban J connectivity index is 1.44.